The first-order valence-corrected chi connectivity index (χ1v) is 4.68. The summed E-state index contributed by atoms with van der Waals surface area (Å²) in [5.41, 5.74) is 1.57. The highest BCUT2D eigenvalue weighted by Crippen LogP contribution is 2.04. The summed E-state index contributed by atoms with van der Waals surface area (Å²) in [5, 5.41) is 3.51. The zero-order chi connectivity index (χ0) is 12.3. The summed E-state index contributed by atoms with van der Waals surface area (Å²) in [6, 6.07) is 3.02. The van der Waals surface area contributed by atoms with Crippen molar-refractivity contribution in [3.05, 3.63) is 46.5 Å². The maximum Gasteiger partial charge on any atom is 0.347 e. The second kappa shape index (κ2) is 4.58. The number of carbonyl (C=O) groups excluding carboxylic acids is 1. The number of hydrazine groups is 1. The van der Waals surface area contributed by atoms with Gasteiger partial charge in [0.15, 0.2) is 11.5 Å². The van der Waals surface area contributed by atoms with E-state index in [1.54, 1.807) is 12.3 Å². The highest BCUT2D eigenvalue weighted by atomic mass is 16.5. The molecule has 0 aromatic carbocycles. The SMILES string of the molecule is NNC(=O)c1cc(Cn2cccnc2=O)on1. The Morgan fingerprint density at radius 2 is 2.41 bits per heavy atom. The number of nitrogens with two attached hydrogens (primary N) is 1. The molecule has 8 nitrogen and oxygen atoms in total. The molecule has 17 heavy (non-hydrogen) atoms. The highest BCUT2D eigenvalue weighted by Gasteiger charge is 2.11. The van der Waals surface area contributed by atoms with E-state index in [2.05, 4.69) is 10.1 Å². The third-order valence-electron chi connectivity index (χ3n) is 2.03. The van der Waals surface area contributed by atoms with Crippen molar-refractivity contribution in [2.75, 3.05) is 0 Å². The maximum atomic E-state index is 11.3. The third kappa shape index (κ3) is 2.37. The molecule has 0 aliphatic rings. The lowest BCUT2D eigenvalue weighted by molar-refractivity contribution is 0.0944. The van der Waals surface area contributed by atoms with E-state index in [-0.39, 0.29) is 12.2 Å². The molecule has 1 amide bonds. The van der Waals surface area contributed by atoms with Gasteiger partial charge in [-0.2, -0.15) is 0 Å². The first-order chi connectivity index (χ1) is 8.20. The fourth-order valence-electron chi connectivity index (χ4n) is 1.24. The first-order valence-electron chi connectivity index (χ1n) is 4.68. The number of aromatic nitrogens is 3. The molecule has 0 unspecified atom stereocenters. The number of carbonyl (C=O) groups is 1. The van der Waals surface area contributed by atoms with Crippen molar-refractivity contribution in [3.8, 4) is 0 Å². The normalized spacial score (nSPS) is 10.2. The molecule has 0 fully saturated rings. The average Bonchev–Trinajstić information content (AvgIpc) is 2.80. The molecule has 0 aliphatic heterocycles. The molecule has 2 rings (SSSR count). The standard InChI is InChI=1S/C9H9N5O3/c10-12-8(15)7-4-6(17-13-7)5-14-3-1-2-11-9(14)16/h1-4H,5,10H2,(H,12,15). The molecule has 2 aromatic heterocycles. The molecule has 2 aromatic rings. The Hall–Kier alpha value is -2.48. The van der Waals surface area contributed by atoms with Crippen LogP contribution >= 0.6 is 0 Å². The summed E-state index contributed by atoms with van der Waals surface area (Å²) in [6.45, 7) is 0.150. The smallest absolute Gasteiger partial charge is 0.347 e. The van der Waals surface area contributed by atoms with Gasteiger partial charge >= 0.3 is 5.69 Å². The average molecular weight is 235 g/mol. The molecule has 88 valence electrons. The van der Waals surface area contributed by atoms with Gasteiger partial charge in [0, 0.05) is 18.5 Å². The predicted octanol–water partition coefficient (Wildman–Crippen LogP) is -1.12. The van der Waals surface area contributed by atoms with Gasteiger partial charge in [0.25, 0.3) is 5.91 Å². The minimum atomic E-state index is -0.557. The molecule has 8 heteroatoms. The van der Waals surface area contributed by atoms with Gasteiger partial charge in [-0.1, -0.05) is 5.16 Å². The van der Waals surface area contributed by atoms with E-state index in [4.69, 9.17) is 10.4 Å². The van der Waals surface area contributed by atoms with Crippen molar-refractivity contribution in [1.82, 2.24) is 20.1 Å². The van der Waals surface area contributed by atoms with E-state index in [1.165, 1.54) is 16.8 Å². The molecule has 0 saturated heterocycles. The Balaban J connectivity index is 2.20. The zero-order valence-electron chi connectivity index (χ0n) is 8.66. The fraction of sp³-hybridized carbons (Fsp3) is 0.111. The number of nitrogen functional groups attached to an aromatic ring is 1. The lowest BCUT2D eigenvalue weighted by Crippen LogP contribution is -2.30. The summed E-state index contributed by atoms with van der Waals surface area (Å²) >= 11 is 0. The molecule has 0 atom stereocenters. The second-order valence-corrected chi connectivity index (χ2v) is 3.18. The van der Waals surface area contributed by atoms with Crippen LogP contribution in [0.4, 0.5) is 0 Å². The number of amides is 1. The summed E-state index contributed by atoms with van der Waals surface area (Å²) < 4.78 is 6.22. The second-order valence-electron chi connectivity index (χ2n) is 3.18. The van der Waals surface area contributed by atoms with Crippen molar-refractivity contribution >= 4 is 5.91 Å². The highest BCUT2D eigenvalue weighted by molar-refractivity contribution is 5.91. The number of nitrogens with zero attached hydrogens (tertiary/aromatic N) is 3. The van der Waals surface area contributed by atoms with Gasteiger partial charge in [0.05, 0.1) is 6.54 Å². The van der Waals surface area contributed by atoms with Crippen LogP contribution in [0.3, 0.4) is 0 Å². The van der Waals surface area contributed by atoms with Crippen LogP contribution < -0.4 is 17.0 Å². The lowest BCUT2D eigenvalue weighted by atomic mass is 10.3. The van der Waals surface area contributed by atoms with Crippen molar-refractivity contribution in [1.29, 1.82) is 0 Å². The summed E-state index contributed by atoms with van der Waals surface area (Å²) in [4.78, 5) is 26.0. The van der Waals surface area contributed by atoms with Crippen LogP contribution in [0.2, 0.25) is 0 Å². The molecule has 0 aliphatic carbocycles. The molecule has 0 spiro atoms. The van der Waals surface area contributed by atoms with E-state index in [9.17, 15) is 9.59 Å². The van der Waals surface area contributed by atoms with Crippen molar-refractivity contribution in [2.45, 2.75) is 6.54 Å². The van der Waals surface area contributed by atoms with Crippen LogP contribution in [0.1, 0.15) is 16.2 Å². The molecular formula is C9H9N5O3. The lowest BCUT2D eigenvalue weighted by Gasteiger charge is -1.98. The van der Waals surface area contributed by atoms with Gasteiger partial charge < -0.3 is 4.52 Å². The van der Waals surface area contributed by atoms with Gasteiger partial charge in [-0.3, -0.25) is 14.8 Å². The van der Waals surface area contributed by atoms with Crippen molar-refractivity contribution < 1.29 is 9.32 Å². The van der Waals surface area contributed by atoms with Gasteiger partial charge in [-0.05, 0) is 6.07 Å². The van der Waals surface area contributed by atoms with E-state index in [0.29, 0.717) is 5.76 Å². The molecular weight excluding hydrogens is 226 g/mol. The van der Waals surface area contributed by atoms with Gasteiger partial charge in [0.2, 0.25) is 0 Å². The topological polar surface area (TPSA) is 116 Å². The Morgan fingerprint density at radius 3 is 3.12 bits per heavy atom. The monoisotopic (exact) mass is 235 g/mol. The van der Waals surface area contributed by atoms with Crippen LogP contribution in [0, 0.1) is 0 Å². The number of nitrogens with one attached hydrogen (secondary N) is 1. The summed E-state index contributed by atoms with van der Waals surface area (Å²) in [5.74, 6) is 4.75. The zero-order valence-corrected chi connectivity index (χ0v) is 8.66. The van der Waals surface area contributed by atoms with Crippen LogP contribution in [0.15, 0.2) is 33.8 Å². The summed E-state index contributed by atoms with van der Waals surface area (Å²) in [7, 11) is 0. The van der Waals surface area contributed by atoms with E-state index in [1.807, 2.05) is 5.43 Å². The Labute approximate surface area is 95.0 Å². The van der Waals surface area contributed by atoms with Gasteiger partial charge in [-0.15, -0.1) is 0 Å². The molecule has 3 N–H and O–H groups in total. The number of hydrogen-bond acceptors (Lipinski definition) is 6. The van der Waals surface area contributed by atoms with Crippen LogP contribution in [0.25, 0.3) is 0 Å². The van der Waals surface area contributed by atoms with Gasteiger partial charge in [-0.25, -0.2) is 15.6 Å². The van der Waals surface area contributed by atoms with Crippen LogP contribution in [-0.2, 0) is 6.54 Å². The minimum Gasteiger partial charge on any atom is -0.359 e. The Kier molecular flexibility index (Phi) is 2.97. The maximum absolute atomic E-state index is 11.3. The van der Waals surface area contributed by atoms with Crippen molar-refractivity contribution in [3.63, 3.8) is 0 Å². The third-order valence-corrected chi connectivity index (χ3v) is 2.03. The number of hydrogen-bond donors (Lipinski definition) is 2. The molecule has 2 heterocycles. The molecule has 0 radical (unpaired) electrons. The quantitative estimate of drug-likeness (QED) is 0.395. The number of rotatable bonds is 3. The largest absolute Gasteiger partial charge is 0.359 e. The molecule has 0 bridgehead atoms. The van der Waals surface area contributed by atoms with Crippen LogP contribution in [0.5, 0.6) is 0 Å². The predicted molar refractivity (Wildman–Crippen MR) is 55.8 cm³/mol. The van der Waals surface area contributed by atoms with Gasteiger partial charge in [0.1, 0.15) is 0 Å². The summed E-state index contributed by atoms with van der Waals surface area (Å²) in [6.07, 6.45) is 2.95. The van der Waals surface area contributed by atoms with E-state index < -0.39 is 11.6 Å². The fourth-order valence-corrected chi connectivity index (χ4v) is 1.24. The van der Waals surface area contributed by atoms with E-state index >= 15 is 0 Å². The minimum absolute atomic E-state index is 0.0550. The Morgan fingerprint density at radius 1 is 1.59 bits per heavy atom. The van der Waals surface area contributed by atoms with Crippen LogP contribution in [-0.4, -0.2) is 20.6 Å². The van der Waals surface area contributed by atoms with Crippen molar-refractivity contribution in [2.24, 2.45) is 5.84 Å². The first kappa shape index (κ1) is 11.0. The molecule has 0 saturated carbocycles. The van der Waals surface area contributed by atoms with E-state index in [0.717, 1.165) is 0 Å². The Bertz CT molecular complexity index is 588.